The number of hydrogen-bond donors (Lipinski definition) is 2. The number of aliphatic carboxylic acids is 1. The lowest BCUT2D eigenvalue weighted by Gasteiger charge is -2.26. The molecule has 1 aromatic rings. The Hall–Kier alpha value is -1.43. The largest absolute Gasteiger partial charge is 0.481 e. The van der Waals surface area contributed by atoms with Gasteiger partial charge in [-0.15, -0.1) is 0 Å². The maximum Gasteiger partial charge on any atom is 0.328 e. The van der Waals surface area contributed by atoms with E-state index in [1.165, 1.54) is 18.2 Å². The fourth-order valence-corrected chi connectivity index (χ4v) is 2.38. The van der Waals surface area contributed by atoms with Gasteiger partial charge in [0.25, 0.3) is 5.91 Å². The van der Waals surface area contributed by atoms with E-state index in [2.05, 4.69) is 5.32 Å². The summed E-state index contributed by atoms with van der Waals surface area (Å²) in [5, 5.41) is 12.0. The molecule has 0 radical (unpaired) electrons. The quantitative estimate of drug-likeness (QED) is 0.533. The lowest BCUT2D eigenvalue weighted by molar-refractivity contribution is -0.132. The monoisotopic (exact) mass is 393 g/mol. The Labute approximate surface area is 155 Å². The van der Waals surface area contributed by atoms with Crippen molar-refractivity contribution in [1.29, 1.82) is 0 Å². The van der Waals surface area contributed by atoms with Crippen LogP contribution in [-0.4, -0.2) is 28.6 Å². The van der Waals surface area contributed by atoms with Crippen molar-refractivity contribution in [3.63, 3.8) is 0 Å². The normalized spacial score (nSPS) is 12.9. The molecule has 1 amide bonds. The van der Waals surface area contributed by atoms with Crippen LogP contribution in [0.5, 0.6) is 5.75 Å². The van der Waals surface area contributed by atoms with Crippen molar-refractivity contribution in [2.24, 2.45) is 0 Å². The number of carboxylic acid groups (broad SMARTS) is 1. The Morgan fingerprint density at radius 2 is 1.83 bits per heavy atom. The standard InChI is InChI=1S/C16H18Cl3NO4/c1-4-12(15(23)20-16(2,3)6-5-13(21)22)24-9-7-10(17)14(19)11(18)8-9/h5-8,12H,4H2,1-3H3,(H,20,23)(H,21,22)/b6-5+. The number of carboxylic acids is 1. The number of hydrogen-bond acceptors (Lipinski definition) is 3. The molecular formula is C16H18Cl3NO4. The van der Waals surface area contributed by atoms with Crippen molar-refractivity contribution in [3.8, 4) is 5.75 Å². The minimum atomic E-state index is -1.09. The van der Waals surface area contributed by atoms with Crippen molar-refractivity contribution in [2.75, 3.05) is 0 Å². The predicted molar refractivity (Wildman–Crippen MR) is 95.2 cm³/mol. The molecule has 0 saturated heterocycles. The van der Waals surface area contributed by atoms with Crippen molar-refractivity contribution >= 4 is 46.7 Å². The number of halogens is 3. The van der Waals surface area contributed by atoms with Gasteiger partial charge in [0.05, 0.1) is 20.6 Å². The molecule has 0 fully saturated rings. The summed E-state index contributed by atoms with van der Waals surface area (Å²) in [7, 11) is 0. The van der Waals surface area contributed by atoms with E-state index in [0.717, 1.165) is 6.08 Å². The Balaban J connectivity index is 2.86. The van der Waals surface area contributed by atoms with Gasteiger partial charge in [-0.1, -0.05) is 47.8 Å². The fraction of sp³-hybridized carbons (Fsp3) is 0.375. The van der Waals surface area contributed by atoms with Crippen molar-refractivity contribution in [3.05, 3.63) is 39.4 Å². The number of carbonyl (C=O) groups excluding carboxylic acids is 1. The summed E-state index contributed by atoms with van der Waals surface area (Å²) in [6.07, 6.45) is 1.95. The van der Waals surface area contributed by atoms with Crippen LogP contribution >= 0.6 is 34.8 Å². The zero-order valence-corrected chi connectivity index (χ0v) is 15.7. The molecule has 0 aromatic heterocycles. The molecule has 0 aliphatic heterocycles. The van der Waals surface area contributed by atoms with Crippen LogP contribution in [0.25, 0.3) is 0 Å². The third-order valence-corrected chi connectivity index (χ3v) is 4.18. The van der Waals surface area contributed by atoms with E-state index in [0.29, 0.717) is 12.2 Å². The van der Waals surface area contributed by atoms with Gasteiger partial charge in [0, 0.05) is 18.2 Å². The van der Waals surface area contributed by atoms with E-state index in [1.54, 1.807) is 20.8 Å². The number of nitrogens with one attached hydrogen (secondary N) is 1. The first kappa shape index (κ1) is 20.6. The molecule has 1 rings (SSSR count). The van der Waals surface area contributed by atoms with E-state index in [-0.39, 0.29) is 21.0 Å². The molecule has 0 saturated carbocycles. The minimum absolute atomic E-state index is 0.211. The van der Waals surface area contributed by atoms with Crippen LogP contribution in [-0.2, 0) is 9.59 Å². The molecule has 132 valence electrons. The van der Waals surface area contributed by atoms with Crippen LogP contribution in [0, 0.1) is 0 Å². The van der Waals surface area contributed by atoms with E-state index in [9.17, 15) is 9.59 Å². The number of benzene rings is 1. The molecule has 0 heterocycles. The summed E-state index contributed by atoms with van der Waals surface area (Å²) in [5.41, 5.74) is -0.846. The van der Waals surface area contributed by atoms with Gasteiger partial charge in [-0.25, -0.2) is 4.79 Å². The SMILES string of the molecule is CCC(Oc1cc(Cl)c(Cl)c(Cl)c1)C(=O)NC(C)(C)/C=C/C(=O)O. The lowest BCUT2D eigenvalue weighted by atomic mass is 10.0. The summed E-state index contributed by atoms with van der Waals surface area (Å²) < 4.78 is 5.63. The highest BCUT2D eigenvalue weighted by Crippen LogP contribution is 2.34. The van der Waals surface area contributed by atoms with Gasteiger partial charge in [0.1, 0.15) is 5.75 Å². The third-order valence-electron chi connectivity index (χ3n) is 2.99. The molecule has 1 atom stereocenters. The zero-order valence-electron chi connectivity index (χ0n) is 13.4. The van der Waals surface area contributed by atoms with E-state index in [4.69, 9.17) is 44.6 Å². The Bertz CT molecular complexity index is 636. The van der Waals surface area contributed by atoms with Crippen LogP contribution in [0.4, 0.5) is 0 Å². The molecule has 2 N–H and O–H groups in total. The smallest absolute Gasteiger partial charge is 0.328 e. The average molecular weight is 395 g/mol. The second kappa shape index (κ2) is 8.60. The van der Waals surface area contributed by atoms with E-state index >= 15 is 0 Å². The number of ether oxygens (including phenoxy) is 1. The zero-order chi connectivity index (χ0) is 18.5. The first-order valence-corrected chi connectivity index (χ1v) is 8.24. The summed E-state index contributed by atoms with van der Waals surface area (Å²) in [5.74, 6) is -1.17. The van der Waals surface area contributed by atoms with E-state index < -0.39 is 17.6 Å². The molecule has 0 spiro atoms. The highest BCUT2D eigenvalue weighted by atomic mass is 35.5. The average Bonchev–Trinajstić information content (AvgIpc) is 2.47. The van der Waals surface area contributed by atoms with Gasteiger partial charge in [0.2, 0.25) is 0 Å². The molecule has 1 aromatic carbocycles. The van der Waals surface area contributed by atoms with Gasteiger partial charge < -0.3 is 15.2 Å². The predicted octanol–water partition coefficient (Wildman–Crippen LogP) is 4.34. The van der Waals surface area contributed by atoms with Crippen LogP contribution in [0.2, 0.25) is 15.1 Å². The second-order valence-corrected chi connectivity index (χ2v) is 6.79. The molecule has 0 bridgehead atoms. The molecule has 5 nitrogen and oxygen atoms in total. The lowest BCUT2D eigenvalue weighted by Crippen LogP contribution is -2.48. The van der Waals surface area contributed by atoms with Gasteiger partial charge in [-0.05, 0) is 20.3 Å². The number of rotatable bonds is 7. The first-order valence-electron chi connectivity index (χ1n) is 7.11. The van der Waals surface area contributed by atoms with Gasteiger partial charge in [0.15, 0.2) is 6.10 Å². The molecule has 24 heavy (non-hydrogen) atoms. The highest BCUT2D eigenvalue weighted by Gasteiger charge is 2.25. The van der Waals surface area contributed by atoms with Crippen molar-refractivity contribution < 1.29 is 19.4 Å². The molecule has 0 aliphatic rings. The Morgan fingerprint density at radius 3 is 2.29 bits per heavy atom. The third kappa shape index (κ3) is 6.23. The first-order chi connectivity index (χ1) is 11.1. The van der Waals surface area contributed by atoms with Crippen molar-refractivity contribution in [1.82, 2.24) is 5.32 Å². The van der Waals surface area contributed by atoms with Gasteiger partial charge in [-0.2, -0.15) is 0 Å². The summed E-state index contributed by atoms with van der Waals surface area (Å²) >= 11 is 17.8. The van der Waals surface area contributed by atoms with Crippen LogP contribution in [0.3, 0.4) is 0 Å². The maximum absolute atomic E-state index is 12.4. The summed E-state index contributed by atoms with van der Waals surface area (Å²) in [6, 6.07) is 2.95. The molecule has 8 heteroatoms. The topological polar surface area (TPSA) is 75.6 Å². The van der Waals surface area contributed by atoms with Gasteiger partial charge >= 0.3 is 5.97 Å². The summed E-state index contributed by atoms with van der Waals surface area (Å²) in [6.45, 7) is 5.13. The number of carbonyl (C=O) groups is 2. The fourth-order valence-electron chi connectivity index (χ4n) is 1.81. The molecular weight excluding hydrogens is 377 g/mol. The summed E-state index contributed by atoms with van der Waals surface area (Å²) in [4.78, 5) is 23.0. The van der Waals surface area contributed by atoms with Gasteiger partial charge in [-0.3, -0.25) is 4.79 Å². The minimum Gasteiger partial charge on any atom is -0.481 e. The Morgan fingerprint density at radius 1 is 1.29 bits per heavy atom. The molecule has 0 aliphatic carbocycles. The van der Waals surface area contributed by atoms with Crippen LogP contribution in [0.15, 0.2) is 24.3 Å². The van der Waals surface area contributed by atoms with Crippen molar-refractivity contribution in [2.45, 2.75) is 38.8 Å². The van der Waals surface area contributed by atoms with Crippen LogP contribution in [0.1, 0.15) is 27.2 Å². The maximum atomic E-state index is 12.4. The molecule has 1 unspecified atom stereocenters. The van der Waals surface area contributed by atoms with E-state index in [1.807, 2.05) is 0 Å². The highest BCUT2D eigenvalue weighted by molar-refractivity contribution is 6.48. The Kier molecular flexibility index (Phi) is 7.39. The van der Waals surface area contributed by atoms with Crippen LogP contribution < -0.4 is 10.1 Å². The number of amides is 1. The second-order valence-electron chi connectivity index (χ2n) is 5.60.